The Balaban J connectivity index is 1.51. The molecule has 150 valence electrons. The predicted octanol–water partition coefficient (Wildman–Crippen LogP) is 4.88. The van der Waals surface area contributed by atoms with E-state index in [1.54, 1.807) is 42.5 Å². The van der Waals surface area contributed by atoms with Crippen LogP contribution in [0.25, 0.3) is 10.4 Å². The Bertz CT molecular complexity index is 1190. The van der Waals surface area contributed by atoms with Crippen LogP contribution in [0.5, 0.6) is 0 Å². The molecular formula is C23H18FN3O2S. The highest BCUT2D eigenvalue weighted by Gasteiger charge is 2.24. The molecule has 0 atom stereocenters. The van der Waals surface area contributed by atoms with Gasteiger partial charge in [0.1, 0.15) is 11.9 Å². The Labute approximate surface area is 177 Å². The first-order chi connectivity index (χ1) is 14.4. The topological polar surface area (TPSA) is 82.0 Å². The van der Waals surface area contributed by atoms with Gasteiger partial charge in [-0.1, -0.05) is 12.1 Å². The molecule has 7 heteroatoms. The molecule has 2 amide bonds. The first-order valence-electron chi connectivity index (χ1n) is 9.47. The summed E-state index contributed by atoms with van der Waals surface area (Å²) < 4.78 is 13.9. The maximum Gasteiger partial charge on any atom is 0.265 e. The molecule has 1 aromatic heterocycles. The third-order valence-electron chi connectivity index (χ3n) is 4.86. The zero-order chi connectivity index (χ0) is 21.3. The maximum atomic E-state index is 13.9. The number of nitrogens with one attached hydrogen (secondary N) is 2. The van der Waals surface area contributed by atoms with Crippen LogP contribution in [0.4, 0.5) is 10.1 Å². The maximum absolute atomic E-state index is 13.9. The van der Waals surface area contributed by atoms with Crippen LogP contribution < -0.4 is 10.6 Å². The minimum atomic E-state index is -0.591. The van der Waals surface area contributed by atoms with Gasteiger partial charge in [-0.3, -0.25) is 9.59 Å². The van der Waals surface area contributed by atoms with E-state index in [-0.39, 0.29) is 23.4 Å². The van der Waals surface area contributed by atoms with Crippen molar-refractivity contribution >= 4 is 28.8 Å². The number of nitrogens with zero attached hydrogens (tertiary/aromatic N) is 1. The molecule has 30 heavy (non-hydrogen) atoms. The van der Waals surface area contributed by atoms with Crippen LogP contribution in [0.15, 0.2) is 48.5 Å². The number of hydrogen-bond donors (Lipinski definition) is 2. The average molecular weight is 419 g/mol. The molecule has 1 aliphatic rings. The molecule has 5 nitrogen and oxygen atoms in total. The molecule has 2 aromatic carbocycles. The van der Waals surface area contributed by atoms with E-state index in [9.17, 15) is 14.0 Å². The lowest BCUT2D eigenvalue weighted by Gasteiger charge is -2.10. The fourth-order valence-corrected chi connectivity index (χ4v) is 3.85. The number of aryl methyl sites for hydroxylation is 1. The second-order valence-electron chi connectivity index (χ2n) is 7.20. The number of hydrogen-bond acceptors (Lipinski definition) is 4. The van der Waals surface area contributed by atoms with Crippen molar-refractivity contribution in [3.63, 3.8) is 0 Å². The number of carbonyl (C=O) groups excluding carboxylic acids is 2. The van der Waals surface area contributed by atoms with Gasteiger partial charge in [-0.15, -0.1) is 11.3 Å². The number of anilines is 1. The largest absolute Gasteiger partial charge is 0.349 e. The van der Waals surface area contributed by atoms with Gasteiger partial charge in [0.15, 0.2) is 0 Å². The minimum absolute atomic E-state index is 0.0191. The molecule has 0 radical (unpaired) electrons. The number of rotatable bonds is 5. The van der Waals surface area contributed by atoms with Crippen LogP contribution in [0.3, 0.4) is 0 Å². The molecule has 1 fully saturated rings. The molecule has 0 saturated heterocycles. The number of benzene rings is 2. The van der Waals surface area contributed by atoms with E-state index in [4.69, 9.17) is 5.26 Å². The second kappa shape index (κ2) is 8.09. The fraction of sp³-hybridized carbons (Fsp3) is 0.174. The predicted molar refractivity (Wildman–Crippen MR) is 114 cm³/mol. The average Bonchev–Trinajstić information content (AvgIpc) is 3.40. The van der Waals surface area contributed by atoms with Crippen molar-refractivity contribution < 1.29 is 14.0 Å². The van der Waals surface area contributed by atoms with E-state index in [2.05, 4.69) is 10.6 Å². The first kappa shape index (κ1) is 19.8. The lowest BCUT2D eigenvalue weighted by molar-refractivity contribution is 0.0949. The molecule has 0 unspecified atom stereocenters. The Hall–Kier alpha value is -3.50. The molecule has 1 saturated carbocycles. The number of halogens is 1. The van der Waals surface area contributed by atoms with Crippen LogP contribution in [0, 0.1) is 24.1 Å². The molecule has 3 aromatic rings. The first-order valence-corrected chi connectivity index (χ1v) is 10.3. The lowest BCUT2D eigenvalue weighted by Crippen LogP contribution is -2.25. The van der Waals surface area contributed by atoms with E-state index in [1.165, 1.54) is 23.5 Å². The van der Waals surface area contributed by atoms with Gasteiger partial charge in [0, 0.05) is 22.2 Å². The number of thiophene rings is 1. The van der Waals surface area contributed by atoms with Crippen molar-refractivity contribution in [3.05, 3.63) is 75.9 Å². The summed E-state index contributed by atoms with van der Waals surface area (Å²) in [5.41, 5.74) is 2.50. The van der Waals surface area contributed by atoms with Gasteiger partial charge in [0.25, 0.3) is 11.8 Å². The Morgan fingerprint density at radius 2 is 1.90 bits per heavy atom. The Kier molecular flexibility index (Phi) is 5.34. The van der Waals surface area contributed by atoms with E-state index in [0.29, 0.717) is 21.7 Å². The SMILES string of the molecule is Cc1ccc(C(=O)NC2CC2)cc1NC(=O)c1ccc(-c2ccc(C#N)c(F)c2)s1. The summed E-state index contributed by atoms with van der Waals surface area (Å²) in [6.07, 6.45) is 2.01. The van der Waals surface area contributed by atoms with E-state index in [1.807, 2.05) is 6.92 Å². The van der Waals surface area contributed by atoms with Crippen LogP contribution in [0.2, 0.25) is 0 Å². The van der Waals surface area contributed by atoms with Crippen molar-refractivity contribution in [1.29, 1.82) is 5.26 Å². The molecule has 0 bridgehead atoms. The van der Waals surface area contributed by atoms with E-state index < -0.39 is 5.82 Å². The van der Waals surface area contributed by atoms with Crippen LogP contribution >= 0.6 is 11.3 Å². The molecule has 1 heterocycles. The van der Waals surface area contributed by atoms with Crippen molar-refractivity contribution in [2.75, 3.05) is 5.32 Å². The number of amides is 2. The molecule has 0 spiro atoms. The minimum Gasteiger partial charge on any atom is -0.349 e. The van der Waals surface area contributed by atoms with Crippen molar-refractivity contribution in [2.45, 2.75) is 25.8 Å². The highest BCUT2D eigenvalue weighted by Crippen LogP contribution is 2.30. The zero-order valence-corrected chi connectivity index (χ0v) is 17.0. The second-order valence-corrected chi connectivity index (χ2v) is 8.29. The molecule has 1 aliphatic carbocycles. The van der Waals surface area contributed by atoms with Gasteiger partial charge in [0.05, 0.1) is 10.4 Å². The summed E-state index contributed by atoms with van der Waals surface area (Å²) in [6, 6.07) is 15.0. The lowest BCUT2D eigenvalue weighted by atomic mass is 10.1. The van der Waals surface area contributed by atoms with Gasteiger partial charge in [-0.05, 0) is 67.3 Å². The normalized spacial score (nSPS) is 12.8. The van der Waals surface area contributed by atoms with Crippen molar-refractivity contribution in [3.8, 4) is 16.5 Å². The van der Waals surface area contributed by atoms with Gasteiger partial charge >= 0.3 is 0 Å². The summed E-state index contributed by atoms with van der Waals surface area (Å²) in [4.78, 5) is 26.2. The fourth-order valence-electron chi connectivity index (χ4n) is 2.95. The third-order valence-corrected chi connectivity index (χ3v) is 6.00. The van der Waals surface area contributed by atoms with E-state index in [0.717, 1.165) is 23.3 Å². The highest BCUT2D eigenvalue weighted by molar-refractivity contribution is 7.17. The monoisotopic (exact) mass is 419 g/mol. The third kappa shape index (κ3) is 4.24. The number of carbonyl (C=O) groups is 2. The van der Waals surface area contributed by atoms with Gasteiger partial charge < -0.3 is 10.6 Å². The van der Waals surface area contributed by atoms with Crippen LogP contribution in [-0.2, 0) is 0 Å². The summed E-state index contributed by atoms with van der Waals surface area (Å²) in [5, 5.41) is 14.6. The van der Waals surface area contributed by atoms with Crippen LogP contribution in [-0.4, -0.2) is 17.9 Å². The summed E-state index contributed by atoms with van der Waals surface area (Å²) in [5.74, 6) is -1.04. The van der Waals surface area contributed by atoms with E-state index >= 15 is 0 Å². The summed E-state index contributed by atoms with van der Waals surface area (Å²) >= 11 is 1.23. The van der Waals surface area contributed by atoms with Crippen molar-refractivity contribution in [1.82, 2.24) is 5.32 Å². The molecule has 0 aliphatic heterocycles. The summed E-state index contributed by atoms with van der Waals surface area (Å²) in [6.45, 7) is 1.86. The molecule has 2 N–H and O–H groups in total. The van der Waals surface area contributed by atoms with Gasteiger partial charge in [0.2, 0.25) is 0 Å². The van der Waals surface area contributed by atoms with Gasteiger partial charge in [-0.2, -0.15) is 5.26 Å². The van der Waals surface area contributed by atoms with Crippen molar-refractivity contribution in [2.24, 2.45) is 0 Å². The highest BCUT2D eigenvalue weighted by atomic mass is 32.1. The summed E-state index contributed by atoms with van der Waals surface area (Å²) in [7, 11) is 0. The molecule has 4 rings (SSSR count). The molecular weight excluding hydrogens is 401 g/mol. The zero-order valence-electron chi connectivity index (χ0n) is 16.2. The quantitative estimate of drug-likeness (QED) is 0.618. The number of nitriles is 1. The Morgan fingerprint density at radius 3 is 2.60 bits per heavy atom. The standard InChI is InChI=1S/C23H18FN3O2S/c1-13-2-3-15(22(28)26-17-6-7-17)11-19(13)27-23(29)21-9-8-20(30-21)14-4-5-16(12-25)18(24)10-14/h2-5,8-11,17H,6-7H2,1H3,(H,26,28)(H,27,29). The smallest absolute Gasteiger partial charge is 0.265 e. The Morgan fingerprint density at radius 1 is 1.10 bits per heavy atom. The van der Waals surface area contributed by atoms with Crippen LogP contribution in [0.1, 0.15) is 44.0 Å². The van der Waals surface area contributed by atoms with Gasteiger partial charge in [-0.25, -0.2) is 4.39 Å².